The van der Waals surface area contributed by atoms with Crippen molar-refractivity contribution in [2.24, 2.45) is 15.8 Å². The standard InChI is InChI=1S/C23H36N6O4/c1-21(2,3)33-20(32)29-8-7-16-17(11-29)27-28-18(16)26-19(31)24-13-23(6)10-15(25-14-30)9-22(4,5)12-23/h15H,7-13H2,1-6H3,(H3,24,26,27,28,31). The first-order chi connectivity index (χ1) is 15.3. The molecule has 2 heterocycles. The van der Waals surface area contributed by atoms with E-state index in [1.54, 1.807) is 11.0 Å². The fraction of sp³-hybridized carbons (Fsp3) is 0.739. The van der Waals surface area contributed by atoms with E-state index in [0.717, 1.165) is 30.5 Å². The number of hydrogen-bond donors (Lipinski definition) is 3. The van der Waals surface area contributed by atoms with Gasteiger partial charge in [0.25, 0.3) is 0 Å². The van der Waals surface area contributed by atoms with Crippen LogP contribution >= 0.6 is 0 Å². The van der Waals surface area contributed by atoms with Crippen LogP contribution in [0.4, 0.5) is 15.4 Å². The lowest BCUT2D eigenvalue weighted by atomic mass is 9.63. The molecule has 10 nitrogen and oxygen atoms in total. The topological polar surface area (TPSA) is 129 Å². The molecule has 1 aromatic heterocycles. The number of aliphatic imine (C=N–C) groups is 1. The van der Waals surface area contributed by atoms with Gasteiger partial charge in [0, 0.05) is 18.7 Å². The van der Waals surface area contributed by atoms with E-state index in [-0.39, 0.29) is 29.0 Å². The number of ether oxygens (including phenoxy) is 1. The number of carbonyl (C=O) groups is 2. The molecule has 1 aliphatic heterocycles. The Labute approximate surface area is 194 Å². The second-order valence-corrected chi connectivity index (χ2v) is 11.4. The summed E-state index contributed by atoms with van der Waals surface area (Å²) in [6.45, 7) is 13.2. The SMILES string of the molecule is CC1(C)CC(N=C=O)CC(C)(CNC(=O)Nc2n[nH]c3c2CCN(C(=O)OC(C)(C)C)C3)C1. The lowest BCUT2D eigenvalue weighted by Crippen LogP contribution is -2.45. The number of H-pyrrole nitrogens is 1. The second-order valence-electron chi connectivity index (χ2n) is 11.4. The quantitative estimate of drug-likeness (QED) is 0.466. The van der Waals surface area contributed by atoms with Crippen LogP contribution in [-0.4, -0.2) is 58.0 Å². The number of anilines is 1. The number of aromatic nitrogens is 2. The normalized spacial score (nSPS) is 24.3. The van der Waals surface area contributed by atoms with E-state index in [1.807, 2.05) is 20.8 Å². The van der Waals surface area contributed by atoms with Crippen molar-refractivity contribution < 1.29 is 19.1 Å². The summed E-state index contributed by atoms with van der Waals surface area (Å²) in [6, 6.07) is -0.411. The maximum Gasteiger partial charge on any atom is 0.410 e. The molecule has 0 radical (unpaired) electrons. The number of nitrogens with zero attached hydrogens (tertiary/aromatic N) is 3. The summed E-state index contributed by atoms with van der Waals surface area (Å²) in [5, 5.41) is 13.0. The summed E-state index contributed by atoms with van der Waals surface area (Å²) in [5.41, 5.74) is 0.980. The molecule has 0 spiro atoms. The maximum atomic E-state index is 12.6. The van der Waals surface area contributed by atoms with E-state index in [0.29, 0.717) is 31.9 Å². The van der Waals surface area contributed by atoms with Gasteiger partial charge in [-0.15, -0.1) is 0 Å². The number of aromatic amines is 1. The van der Waals surface area contributed by atoms with Crippen molar-refractivity contribution in [3.05, 3.63) is 11.3 Å². The van der Waals surface area contributed by atoms with Crippen LogP contribution in [0.5, 0.6) is 0 Å². The van der Waals surface area contributed by atoms with Crippen LogP contribution in [0, 0.1) is 10.8 Å². The van der Waals surface area contributed by atoms with Gasteiger partial charge < -0.3 is 15.0 Å². The zero-order valence-corrected chi connectivity index (χ0v) is 20.5. The zero-order chi connectivity index (χ0) is 24.4. The van der Waals surface area contributed by atoms with Crippen molar-refractivity contribution in [3.8, 4) is 0 Å². The Morgan fingerprint density at radius 1 is 1.30 bits per heavy atom. The molecule has 1 saturated carbocycles. The van der Waals surface area contributed by atoms with Crippen molar-refractivity contribution in [1.82, 2.24) is 20.4 Å². The molecule has 3 amide bonds. The molecule has 1 fully saturated rings. The summed E-state index contributed by atoms with van der Waals surface area (Å²) < 4.78 is 5.44. The van der Waals surface area contributed by atoms with Gasteiger partial charge in [-0.1, -0.05) is 20.8 Å². The summed E-state index contributed by atoms with van der Waals surface area (Å²) in [7, 11) is 0. The Bertz CT molecular complexity index is 943. The number of nitrogens with one attached hydrogen (secondary N) is 3. The fourth-order valence-corrected chi connectivity index (χ4v) is 5.23. The van der Waals surface area contributed by atoms with Crippen LogP contribution in [0.15, 0.2) is 4.99 Å². The summed E-state index contributed by atoms with van der Waals surface area (Å²) in [4.78, 5) is 41.3. The first-order valence-electron chi connectivity index (χ1n) is 11.5. The predicted molar refractivity (Wildman–Crippen MR) is 124 cm³/mol. The van der Waals surface area contributed by atoms with Crippen molar-refractivity contribution in [1.29, 1.82) is 0 Å². The first-order valence-corrected chi connectivity index (χ1v) is 11.5. The summed E-state index contributed by atoms with van der Waals surface area (Å²) in [6.07, 6.45) is 4.37. The van der Waals surface area contributed by atoms with Crippen LogP contribution in [0.1, 0.15) is 72.1 Å². The van der Waals surface area contributed by atoms with Gasteiger partial charge in [0.2, 0.25) is 6.08 Å². The first kappa shape index (κ1) is 24.8. The molecular formula is C23H36N6O4. The van der Waals surface area contributed by atoms with E-state index in [9.17, 15) is 14.4 Å². The van der Waals surface area contributed by atoms with E-state index in [1.165, 1.54) is 0 Å². The number of urea groups is 1. The van der Waals surface area contributed by atoms with Crippen LogP contribution in [0.25, 0.3) is 0 Å². The maximum absolute atomic E-state index is 12.6. The molecule has 3 rings (SSSR count). The molecule has 1 aliphatic carbocycles. The highest BCUT2D eigenvalue weighted by atomic mass is 16.6. The minimum Gasteiger partial charge on any atom is -0.444 e. The lowest BCUT2D eigenvalue weighted by Gasteiger charge is -2.45. The summed E-state index contributed by atoms with van der Waals surface area (Å²) >= 11 is 0. The van der Waals surface area contributed by atoms with Gasteiger partial charge in [0.1, 0.15) is 5.60 Å². The molecule has 2 aliphatic rings. The zero-order valence-electron chi connectivity index (χ0n) is 20.5. The van der Waals surface area contributed by atoms with E-state index in [2.05, 4.69) is 46.6 Å². The average molecular weight is 461 g/mol. The molecule has 2 atom stereocenters. The average Bonchev–Trinajstić information content (AvgIpc) is 3.06. The molecule has 182 valence electrons. The third kappa shape index (κ3) is 6.57. The number of amides is 3. The highest BCUT2D eigenvalue weighted by Gasteiger charge is 2.41. The molecular weight excluding hydrogens is 424 g/mol. The van der Waals surface area contributed by atoms with E-state index < -0.39 is 5.60 Å². The van der Waals surface area contributed by atoms with E-state index in [4.69, 9.17) is 4.74 Å². The third-order valence-electron chi connectivity index (χ3n) is 6.15. The van der Waals surface area contributed by atoms with Gasteiger partial charge in [0.15, 0.2) is 5.82 Å². The van der Waals surface area contributed by atoms with Gasteiger partial charge in [-0.05, 0) is 57.3 Å². The highest BCUT2D eigenvalue weighted by molar-refractivity contribution is 5.89. The highest BCUT2D eigenvalue weighted by Crippen LogP contribution is 2.46. The van der Waals surface area contributed by atoms with Gasteiger partial charge in [-0.25, -0.2) is 19.4 Å². The Hall–Kier alpha value is -2.87. The number of fused-ring (bicyclic) bond motifs is 1. The number of hydrogen-bond acceptors (Lipinski definition) is 6. The van der Waals surface area contributed by atoms with Crippen molar-refractivity contribution in [2.45, 2.75) is 85.4 Å². The van der Waals surface area contributed by atoms with Crippen molar-refractivity contribution in [3.63, 3.8) is 0 Å². The lowest BCUT2D eigenvalue weighted by molar-refractivity contribution is 0.0221. The Balaban J connectivity index is 1.57. The molecule has 0 bridgehead atoms. The fourth-order valence-electron chi connectivity index (χ4n) is 5.23. The number of isocyanates is 1. The van der Waals surface area contributed by atoms with Gasteiger partial charge in [-0.2, -0.15) is 5.10 Å². The van der Waals surface area contributed by atoms with Crippen molar-refractivity contribution in [2.75, 3.05) is 18.4 Å². The van der Waals surface area contributed by atoms with Crippen molar-refractivity contribution >= 4 is 24.0 Å². The molecule has 2 unspecified atom stereocenters. The van der Waals surface area contributed by atoms with Crippen LogP contribution in [-0.2, 0) is 22.5 Å². The minimum absolute atomic E-state index is 0.0252. The molecule has 1 aromatic rings. The molecule has 33 heavy (non-hydrogen) atoms. The van der Waals surface area contributed by atoms with Crippen LogP contribution in [0.3, 0.4) is 0 Å². The Morgan fingerprint density at radius 3 is 2.70 bits per heavy atom. The summed E-state index contributed by atoms with van der Waals surface area (Å²) in [5.74, 6) is 0.476. The second kappa shape index (κ2) is 9.17. The molecule has 3 N–H and O–H groups in total. The largest absolute Gasteiger partial charge is 0.444 e. The smallest absolute Gasteiger partial charge is 0.410 e. The van der Waals surface area contributed by atoms with Gasteiger partial charge in [0.05, 0.1) is 18.3 Å². The minimum atomic E-state index is -0.556. The Morgan fingerprint density at radius 2 is 2.03 bits per heavy atom. The Kier molecular flexibility index (Phi) is 6.88. The van der Waals surface area contributed by atoms with Gasteiger partial charge >= 0.3 is 12.1 Å². The van der Waals surface area contributed by atoms with Gasteiger partial charge in [-0.3, -0.25) is 10.4 Å². The van der Waals surface area contributed by atoms with E-state index >= 15 is 0 Å². The molecule has 0 aromatic carbocycles. The number of carbonyl (C=O) groups excluding carboxylic acids is 3. The number of rotatable bonds is 4. The monoisotopic (exact) mass is 460 g/mol. The molecule has 10 heteroatoms. The predicted octanol–water partition coefficient (Wildman–Crippen LogP) is 3.75. The molecule has 0 saturated heterocycles. The van der Waals surface area contributed by atoms with Crippen LogP contribution < -0.4 is 10.6 Å². The van der Waals surface area contributed by atoms with Crippen LogP contribution in [0.2, 0.25) is 0 Å². The third-order valence-corrected chi connectivity index (χ3v) is 6.15.